The first kappa shape index (κ1) is 11.6. The van der Waals surface area contributed by atoms with E-state index in [4.69, 9.17) is 9.84 Å². The summed E-state index contributed by atoms with van der Waals surface area (Å²) in [6, 6.07) is 14.9. The Kier molecular flexibility index (Phi) is 2.83. The minimum atomic E-state index is -0.917. The van der Waals surface area contributed by atoms with Gasteiger partial charge in [-0.05, 0) is 30.3 Å². The van der Waals surface area contributed by atoms with Gasteiger partial charge in [0.2, 0.25) is 0 Å². The second-order valence-corrected chi connectivity index (χ2v) is 4.43. The molecule has 2 aromatic carbocycles. The number of para-hydroxylation sites is 1. The summed E-state index contributed by atoms with van der Waals surface area (Å²) in [5.41, 5.74) is 2.25. The van der Waals surface area contributed by atoms with Crippen LogP contribution in [0.25, 0.3) is 0 Å². The molecule has 0 aliphatic carbocycles. The Morgan fingerprint density at radius 2 is 1.95 bits per heavy atom. The van der Waals surface area contributed by atoms with Crippen molar-refractivity contribution in [2.24, 2.45) is 0 Å². The third-order valence-electron chi connectivity index (χ3n) is 3.17. The van der Waals surface area contributed by atoms with Crippen LogP contribution in [0.15, 0.2) is 48.5 Å². The summed E-state index contributed by atoms with van der Waals surface area (Å²) in [7, 11) is 0. The highest BCUT2D eigenvalue weighted by Gasteiger charge is 2.18. The zero-order valence-electron chi connectivity index (χ0n) is 10.2. The molecule has 4 nitrogen and oxygen atoms in total. The second kappa shape index (κ2) is 4.65. The van der Waals surface area contributed by atoms with E-state index in [1.54, 1.807) is 18.2 Å². The Bertz CT molecular complexity index is 610. The van der Waals surface area contributed by atoms with Crippen LogP contribution in [-0.2, 0) is 6.54 Å². The van der Waals surface area contributed by atoms with E-state index in [2.05, 4.69) is 4.90 Å². The molecule has 0 saturated carbocycles. The first-order valence-electron chi connectivity index (χ1n) is 6.03. The number of hydrogen-bond donors (Lipinski definition) is 1. The van der Waals surface area contributed by atoms with E-state index in [0.717, 1.165) is 17.0 Å². The molecule has 0 fully saturated rings. The Labute approximate surface area is 110 Å². The maximum atomic E-state index is 11.0. The maximum absolute atomic E-state index is 11.0. The van der Waals surface area contributed by atoms with Gasteiger partial charge in [0.25, 0.3) is 0 Å². The molecule has 0 radical (unpaired) electrons. The van der Waals surface area contributed by atoms with E-state index in [0.29, 0.717) is 13.3 Å². The average Bonchev–Trinajstić information content (AvgIpc) is 2.47. The molecule has 19 heavy (non-hydrogen) atoms. The van der Waals surface area contributed by atoms with Crippen molar-refractivity contribution in [1.29, 1.82) is 0 Å². The lowest BCUT2D eigenvalue weighted by molar-refractivity contribution is 0.0696. The van der Waals surface area contributed by atoms with Crippen molar-refractivity contribution in [2.45, 2.75) is 6.54 Å². The quantitative estimate of drug-likeness (QED) is 0.896. The summed E-state index contributed by atoms with van der Waals surface area (Å²) in [5.74, 6) is -0.156. The summed E-state index contributed by atoms with van der Waals surface area (Å²) >= 11 is 0. The molecule has 1 aliphatic heterocycles. The molecule has 96 valence electrons. The van der Waals surface area contributed by atoms with Gasteiger partial charge >= 0.3 is 5.97 Å². The Balaban J connectivity index is 1.90. The zero-order chi connectivity index (χ0) is 13.2. The molecule has 4 heteroatoms. The molecule has 0 unspecified atom stereocenters. The molecule has 1 aliphatic rings. The standard InChI is InChI=1S/C15H13NO3/c17-15(18)11-6-7-14-12(8-11)9-16(10-19-14)13-4-2-1-3-5-13/h1-8H,9-10H2,(H,17,18). The van der Waals surface area contributed by atoms with Gasteiger partial charge in [0.1, 0.15) is 5.75 Å². The maximum Gasteiger partial charge on any atom is 0.335 e. The van der Waals surface area contributed by atoms with Gasteiger partial charge in [-0.2, -0.15) is 0 Å². The SMILES string of the molecule is O=C(O)c1ccc2c(c1)CN(c1ccccc1)CO2. The highest BCUT2D eigenvalue weighted by atomic mass is 16.5. The minimum Gasteiger partial charge on any atom is -0.478 e. The van der Waals surface area contributed by atoms with Crippen LogP contribution in [0.2, 0.25) is 0 Å². The van der Waals surface area contributed by atoms with Gasteiger partial charge in [0, 0.05) is 17.8 Å². The number of carboxylic acids is 1. The highest BCUT2D eigenvalue weighted by Crippen LogP contribution is 2.28. The van der Waals surface area contributed by atoms with Crippen LogP contribution in [-0.4, -0.2) is 17.8 Å². The van der Waals surface area contributed by atoms with Gasteiger partial charge < -0.3 is 14.7 Å². The number of fused-ring (bicyclic) bond motifs is 1. The van der Waals surface area contributed by atoms with Crippen molar-refractivity contribution in [3.8, 4) is 5.75 Å². The molecule has 1 N–H and O–H groups in total. The van der Waals surface area contributed by atoms with Crippen LogP contribution in [0.4, 0.5) is 5.69 Å². The molecule has 0 saturated heterocycles. The topological polar surface area (TPSA) is 49.8 Å². The molecule has 0 aromatic heterocycles. The minimum absolute atomic E-state index is 0.289. The van der Waals surface area contributed by atoms with Gasteiger partial charge in [-0.15, -0.1) is 0 Å². The predicted octanol–water partition coefficient (Wildman–Crippen LogP) is 2.74. The summed E-state index contributed by atoms with van der Waals surface area (Å²) in [5, 5.41) is 9.01. The Hall–Kier alpha value is -2.49. The van der Waals surface area contributed by atoms with Gasteiger partial charge in [-0.25, -0.2) is 4.79 Å². The number of rotatable bonds is 2. The fraction of sp³-hybridized carbons (Fsp3) is 0.133. The van der Waals surface area contributed by atoms with Crippen molar-refractivity contribution in [3.63, 3.8) is 0 Å². The molecule has 3 rings (SSSR count). The van der Waals surface area contributed by atoms with Crippen LogP contribution in [0.5, 0.6) is 5.75 Å². The number of carbonyl (C=O) groups is 1. The van der Waals surface area contributed by atoms with E-state index in [1.807, 2.05) is 30.3 Å². The average molecular weight is 255 g/mol. The predicted molar refractivity (Wildman–Crippen MR) is 71.5 cm³/mol. The van der Waals surface area contributed by atoms with Crippen molar-refractivity contribution in [3.05, 3.63) is 59.7 Å². The first-order valence-corrected chi connectivity index (χ1v) is 6.03. The number of aromatic carboxylic acids is 1. The normalized spacial score (nSPS) is 13.6. The molecule has 0 spiro atoms. The van der Waals surface area contributed by atoms with E-state index in [-0.39, 0.29) is 5.56 Å². The van der Waals surface area contributed by atoms with Crippen molar-refractivity contribution in [2.75, 3.05) is 11.6 Å². The summed E-state index contributed by atoms with van der Waals surface area (Å²) in [6.07, 6.45) is 0. The lowest BCUT2D eigenvalue weighted by Gasteiger charge is -2.30. The molecular formula is C15H13NO3. The number of nitrogens with zero attached hydrogens (tertiary/aromatic N) is 1. The largest absolute Gasteiger partial charge is 0.478 e. The number of carboxylic acid groups (broad SMARTS) is 1. The molecule has 0 atom stereocenters. The van der Waals surface area contributed by atoms with E-state index in [1.165, 1.54) is 0 Å². The monoisotopic (exact) mass is 255 g/mol. The van der Waals surface area contributed by atoms with Crippen LogP contribution in [0, 0.1) is 0 Å². The fourth-order valence-corrected chi connectivity index (χ4v) is 2.18. The number of hydrogen-bond acceptors (Lipinski definition) is 3. The highest BCUT2D eigenvalue weighted by molar-refractivity contribution is 5.88. The molecule has 0 bridgehead atoms. The van der Waals surface area contributed by atoms with Crippen molar-refractivity contribution in [1.82, 2.24) is 0 Å². The van der Waals surface area contributed by atoms with Gasteiger partial charge in [0.15, 0.2) is 6.73 Å². The first-order chi connectivity index (χ1) is 9.24. The van der Waals surface area contributed by atoms with E-state index < -0.39 is 5.97 Å². The second-order valence-electron chi connectivity index (χ2n) is 4.43. The van der Waals surface area contributed by atoms with Crippen LogP contribution < -0.4 is 9.64 Å². The van der Waals surface area contributed by atoms with E-state index in [9.17, 15) is 4.79 Å². The van der Waals surface area contributed by atoms with Crippen LogP contribution in [0.1, 0.15) is 15.9 Å². The molecule has 2 aromatic rings. The number of ether oxygens (including phenoxy) is 1. The smallest absolute Gasteiger partial charge is 0.335 e. The third kappa shape index (κ3) is 2.25. The zero-order valence-corrected chi connectivity index (χ0v) is 10.2. The molecular weight excluding hydrogens is 242 g/mol. The fourth-order valence-electron chi connectivity index (χ4n) is 2.18. The van der Waals surface area contributed by atoms with Crippen LogP contribution in [0.3, 0.4) is 0 Å². The van der Waals surface area contributed by atoms with Crippen LogP contribution >= 0.6 is 0 Å². The van der Waals surface area contributed by atoms with Gasteiger partial charge in [-0.1, -0.05) is 18.2 Å². The lowest BCUT2D eigenvalue weighted by atomic mass is 10.1. The third-order valence-corrected chi connectivity index (χ3v) is 3.17. The van der Waals surface area contributed by atoms with Gasteiger partial charge in [-0.3, -0.25) is 0 Å². The Morgan fingerprint density at radius 1 is 1.16 bits per heavy atom. The van der Waals surface area contributed by atoms with Gasteiger partial charge in [0.05, 0.1) is 5.56 Å². The summed E-state index contributed by atoms with van der Waals surface area (Å²) in [4.78, 5) is 13.0. The number of anilines is 1. The van der Waals surface area contributed by atoms with Crippen molar-refractivity contribution < 1.29 is 14.6 Å². The van der Waals surface area contributed by atoms with Crippen molar-refractivity contribution >= 4 is 11.7 Å². The van der Waals surface area contributed by atoms with E-state index >= 15 is 0 Å². The number of benzene rings is 2. The Morgan fingerprint density at radius 3 is 2.68 bits per heavy atom. The molecule has 1 heterocycles. The molecule has 0 amide bonds. The summed E-state index contributed by atoms with van der Waals surface area (Å²) < 4.78 is 5.66. The lowest BCUT2D eigenvalue weighted by Crippen LogP contribution is -2.31. The summed E-state index contributed by atoms with van der Waals surface area (Å²) in [6.45, 7) is 1.13.